The number of hydrogen-bond donors (Lipinski definition) is 0. The molecule has 0 saturated carbocycles. The van der Waals surface area contributed by atoms with Crippen LogP contribution >= 0.6 is 0 Å². The fourth-order valence-electron chi connectivity index (χ4n) is 8.14. The maximum atomic E-state index is 2.37. The molecule has 54 heavy (non-hydrogen) atoms. The highest BCUT2D eigenvalue weighted by atomic mass is 15.1. The van der Waals surface area contributed by atoms with E-state index in [1.807, 2.05) is 0 Å². The summed E-state index contributed by atoms with van der Waals surface area (Å²) in [6.45, 7) is 0. The van der Waals surface area contributed by atoms with Crippen LogP contribution in [0.1, 0.15) is 0 Å². The molecule has 254 valence electrons. The van der Waals surface area contributed by atoms with E-state index in [-0.39, 0.29) is 0 Å². The zero-order valence-electron chi connectivity index (χ0n) is 29.7. The summed E-state index contributed by atoms with van der Waals surface area (Å²) in [5, 5.41) is 5.05. The number of fused-ring (bicyclic) bond motifs is 4. The summed E-state index contributed by atoms with van der Waals surface area (Å²) in [7, 11) is 0. The Kier molecular flexibility index (Phi) is 7.85. The summed E-state index contributed by atoms with van der Waals surface area (Å²) in [6.07, 6.45) is 0. The molecular weight excluding hydrogens is 653 g/mol. The van der Waals surface area contributed by atoms with Gasteiger partial charge >= 0.3 is 0 Å². The number of hydrogen-bond acceptors (Lipinski definition) is 1. The van der Waals surface area contributed by atoms with Gasteiger partial charge in [-0.3, -0.25) is 0 Å². The van der Waals surface area contributed by atoms with Crippen molar-refractivity contribution in [3.8, 4) is 39.1 Å². The number of benzene rings is 9. The summed E-state index contributed by atoms with van der Waals surface area (Å²) < 4.78 is 2.37. The lowest BCUT2D eigenvalue weighted by Crippen LogP contribution is -2.11. The molecule has 0 saturated heterocycles. The van der Waals surface area contributed by atoms with Gasteiger partial charge in [0.15, 0.2) is 0 Å². The van der Waals surface area contributed by atoms with Gasteiger partial charge in [0.2, 0.25) is 0 Å². The molecule has 0 radical (unpaired) electrons. The molecule has 1 heterocycles. The van der Waals surface area contributed by atoms with Crippen LogP contribution in [-0.4, -0.2) is 4.57 Å². The first-order valence-corrected chi connectivity index (χ1v) is 18.5. The first kappa shape index (κ1) is 31.6. The van der Waals surface area contributed by atoms with E-state index in [2.05, 4.69) is 228 Å². The van der Waals surface area contributed by atoms with Crippen molar-refractivity contribution in [1.29, 1.82) is 0 Å². The van der Waals surface area contributed by atoms with E-state index in [0.717, 1.165) is 28.3 Å². The number of nitrogens with zero attached hydrogens (tertiary/aromatic N) is 2. The lowest BCUT2D eigenvalue weighted by atomic mass is 9.91. The molecule has 0 N–H and O–H groups in total. The molecule has 10 aromatic rings. The topological polar surface area (TPSA) is 8.17 Å². The maximum Gasteiger partial charge on any atom is 0.0541 e. The van der Waals surface area contributed by atoms with Crippen molar-refractivity contribution in [2.75, 3.05) is 4.90 Å². The Labute approximate surface area is 315 Å². The van der Waals surface area contributed by atoms with Crippen molar-refractivity contribution in [2.45, 2.75) is 0 Å². The van der Waals surface area contributed by atoms with Gasteiger partial charge in [-0.2, -0.15) is 0 Å². The molecule has 1 aromatic heterocycles. The van der Waals surface area contributed by atoms with Gasteiger partial charge in [0.1, 0.15) is 0 Å². The normalized spacial score (nSPS) is 11.3. The van der Waals surface area contributed by atoms with E-state index in [1.54, 1.807) is 0 Å². The van der Waals surface area contributed by atoms with Gasteiger partial charge < -0.3 is 9.47 Å². The molecule has 0 atom stereocenters. The number of para-hydroxylation sites is 4. The Bertz CT molecular complexity index is 2850. The van der Waals surface area contributed by atoms with E-state index < -0.39 is 0 Å². The van der Waals surface area contributed by atoms with Crippen molar-refractivity contribution < 1.29 is 0 Å². The van der Waals surface area contributed by atoms with Crippen molar-refractivity contribution in [1.82, 2.24) is 4.57 Å². The molecule has 0 aliphatic rings. The molecular formula is C52H36N2. The summed E-state index contributed by atoms with van der Waals surface area (Å²) in [6, 6.07) is 78.8. The quantitative estimate of drug-likeness (QED) is 0.162. The van der Waals surface area contributed by atoms with Crippen LogP contribution in [0.4, 0.5) is 17.1 Å². The van der Waals surface area contributed by atoms with E-state index >= 15 is 0 Å². The molecule has 2 heteroatoms. The number of aromatic nitrogens is 1. The first-order valence-electron chi connectivity index (χ1n) is 18.5. The standard InChI is InChI=1S/C52H36N2/c1-3-15-37(16-4-1)45-24-13-17-40-18-14-25-46(52(40)45)39-31-33-42(34-32-39)53(41-19-5-2-6-20-41)49-26-10-7-21-44(49)38-29-35-43(36-30-38)54-50-27-11-8-22-47(50)48-23-9-12-28-51(48)54/h1-36H. The third kappa shape index (κ3) is 5.44. The van der Waals surface area contributed by atoms with Gasteiger partial charge in [0.25, 0.3) is 0 Å². The second-order valence-corrected chi connectivity index (χ2v) is 13.7. The molecule has 0 spiro atoms. The SMILES string of the molecule is c1ccc(-c2cccc3cccc(-c4ccc(N(c5ccccc5)c5ccccc5-c5ccc(-n6c7ccccc7c7ccccc76)cc5)cc4)c23)cc1. The molecule has 10 rings (SSSR count). The van der Waals surface area contributed by atoms with Crippen LogP contribution in [0.15, 0.2) is 218 Å². The van der Waals surface area contributed by atoms with Crippen LogP contribution in [0.5, 0.6) is 0 Å². The lowest BCUT2D eigenvalue weighted by Gasteiger charge is -2.28. The van der Waals surface area contributed by atoms with Crippen LogP contribution in [-0.2, 0) is 0 Å². The van der Waals surface area contributed by atoms with Crippen LogP contribution in [0, 0.1) is 0 Å². The van der Waals surface area contributed by atoms with Crippen LogP contribution in [0.25, 0.3) is 71.6 Å². The predicted octanol–water partition coefficient (Wildman–Crippen LogP) is 14.4. The van der Waals surface area contributed by atoms with E-state index in [4.69, 9.17) is 0 Å². The van der Waals surface area contributed by atoms with Gasteiger partial charge in [0.05, 0.1) is 16.7 Å². The molecule has 0 amide bonds. The minimum absolute atomic E-state index is 1.10. The van der Waals surface area contributed by atoms with Crippen LogP contribution < -0.4 is 4.90 Å². The van der Waals surface area contributed by atoms with Gasteiger partial charge in [-0.25, -0.2) is 0 Å². The Balaban J connectivity index is 1.06. The van der Waals surface area contributed by atoms with Gasteiger partial charge in [-0.05, 0) is 93.2 Å². The smallest absolute Gasteiger partial charge is 0.0541 e. The van der Waals surface area contributed by atoms with Crippen molar-refractivity contribution in [3.05, 3.63) is 218 Å². The van der Waals surface area contributed by atoms with Crippen molar-refractivity contribution in [2.24, 2.45) is 0 Å². The second-order valence-electron chi connectivity index (χ2n) is 13.7. The minimum Gasteiger partial charge on any atom is -0.310 e. The largest absolute Gasteiger partial charge is 0.310 e. The number of anilines is 3. The Morgan fingerprint density at radius 1 is 0.315 bits per heavy atom. The Hall–Kier alpha value is -7.16. The Morgan fingerprint density at radius 3 is 1.43 bits per heavy atom. The maximum absolute atomic E-state index is 2.37. The monoisotopic (exact) mass is 688 g/mol. The Morgan fingerprint density at radius 2 is 0.778 bits per heavy atom. The summed E-state index contributed by atoms with van der Waals surface area (Å²) in [5.74, 6) is 0. The first-order chi connectivity index (χ1) is 26.8. The highest BCUT2D eigenvalue weighted by molar-refractivity contribution is 6.09. The van der Waals surface area contributed by atoms with Crippen molar-refractivity contribution >= 4 is 49.6 Å². The van der Waals surface area contributed by atoms with E-state index in [9.17, 15) is 0 Å². The minimum atomic E-state index is 1.10. The molecule has 0 fully saturated rings. The van der Waals surface area contributed by atoms with Crippen LogP contribution in [0.3, 0.4) is 0 Å². The van der Waals surface area contributed by atoms with E-state index in [0.29, 0.717) is 0 Å². The molecule has 9 aromatic carbocycles. The summed E-state index contributed by atoms with van der Waals surface area (Å²) in [5.41, 5.74) is 14.1. The average Bonchev–Trinajstić information content (AvgIpc) is 3.59. The van der Waals surface area contributed by atoms with Crippen molar-refractivity contribution in [3.63, 3.8) is 0 Å². The highest BCUT2D eigenvalue weighted by Gasteiger charge is 2.18. The molecule has 2 nitrogen and oxygen atoms in total. The molecule has 0 aliphatic carbocycles. The zero-order chi connectivity index (χ0) is 35.8. The van der Waals surface area contributed by atoms with Crippen LogP contribution in [0.2, 0.25) is 0 Å². The average molecular weight is 689 g/mol. The van der Waals surface area contributed by atoms with E-state index in [1.165, 1.54) is 60.4 Å². The van der Waals surface area contributed by atoms with Gasteiger partial charge in [-0.15, -0.1) is 0 Å². The molecule has 0 unspecified atom stereocenters. The fourth-order valence-corrected chi connectivity index (χ4v) is 8.14. The van der Waals surface area contributed by atoms with Gasteiger partial charge in [0, 0.05) is 33.4 Å². The second kappa shape index (κ2) is 13.4. The lowest BCUT2D eigenvalue weighted by molar-refractivity contribution is 1.18. The third-order valence-corrected chi connectivity index (χ3v) is 10.6. The highest BCUT2D eigenvalue weighted by Crippen LogP contribution is 2.43. The van der Waals surface area contributed by atoms with Gasteiger partial charge in [-0.1, -0.05) is 164 Å². The summed E-state index contributed by atoms with van der Waals surface area (Å²) in [4.78, 5) is 2.37. The number of rotatable bonds is 7. The third-order valence-electron chi connectivity index (χ3n) is 10.6. The molecule has 0 bridgehead atoms. The zero-order valence-corrected chi connectivity index (χ0v) is 29.7. The fraction of sp³-hybridized carbons (Fsp3) is 0. The predicted molar refractivity (Wildman–Crippen MR) is 229 cm³/mol. The molecule has 0 aliphatic heterocycles. The summed E-state index contributed by atoms with van der Waals surface area (Å²) >= 11 is 0.